The highest BCUT2D eigenvalue weighted by atomic mass is 35.5. The van der Waals surface area contributed by atoms with Crippen molar-refractivity contribution in [3.63, 3.8) is 0 Å². The van der Waals surface area contributed by atoms with Crippen LogP contribution in [0, 0.1) is 0 Å². The Morgan fingerprint density at radius 3 is 1.85 bits per heavy atom. The van der Waals surface area contributed by atoms with E-state index >= 15 is 0 Å². The molecule has 0 fully saturated rings. The normalized spacial score (nSPS) is 12.6. The molecule has 0 aliphatic rings. The van der Waals surface area contributed by atoms with Crippen molar-refractivity contribution in [3.8, 4) is 0 Å². The van der Waals surface area contributed by atoms with E-state index in [0.29, 0.717) is 0 Å². The first-order valence-electron chi connectivity index (χ1n) is 5.62. The summed E-state index contributed by atoms with van der Waals surface area (Å²) in [6, 6.07) is 15.2. The van der Waals surface area contributed by atoms with Crippen LogP contribution in [0.5, 0.6) is 0 Å². The van der Waals surface area contributed by atoms with Gasteiger partial charge in [-0.3, -0.25) is 0 Å². The zero-order valence-corrected chi connectivity index (χ0v) is 11.9. The van der Waals surface area contributed by atoms with Crippen LogP contribution in [0.2, 0.25) is 0 Å². The minimum Gasteiger partial charge on any atom is -0.320 e. The van der Waals surface area contributed by atoms with Crippen LogP contribution in [-0.4, -0.2) is 5.51 Å². The maximum absolute atomic E-state index is 12.2. The van der Waals surface area contributed by atoms with Crippen molar-refractivity contribution in [2.75, 3.05) is 0 Å². The van der Waals surface area contributed by atoms with Gasteiger partial charge in [0.1, 0.15) is 0 Å². The standard InChI is InChI=1S/C14H12F3NS.ClH/c15-14(16,17)19-12-8-6-11(7-9-12)13(18)10-4-2-1-3-5-10;/h1-9,13H,18H2;1H. The second-order valence-electron chi connectivity index (χ2n) is 4.01. The van der Waals surface area contributed by atoms with Gasteiger partial charge < -0.3 is 5.73 Å². The molecular weight excluding hydrogens is 307 g/mol. The average Bonchev–Trinajstić information content (AvgIpc) is 2.38. The van der Waals surface area contributed by atoms with Crippen LogP contribution in [0.3, 0.4) is 0 Å². The zero-order valence-electron chi connectivity index (χ0n) is 10.3. The Balaban J connectivity index is 0.00000200. The lowest BCUT2D eigenvalue weighted by Crippen LogP contribution is -2.11. The van der Waals surface area contributed by atoms with Crippen LogP contribution < -0.4 is 5.73 Å². The maximum Gasteiger partial charge on any atom is 0.446 e. The molecule has 0 aliphatic carbocycles. The van der Waals surface area contributed by atoms with Gasteiger partial charge in [-0.25, -0.2) is 0 Å². The van der Waals surface area contributed by atoms with Crippen LogP contribution in [0.25, 0.3) is 0 Å². The van der Waals surface area contributed by atoms with Crippen LogP contribution in [0.4, 0.5) is 13.2 Å². The molecule has 0 radical (unpaired) electrons. The zero-order chi connectivity index (χ0) is 13.9. The van der Waals surface area contributed by atoms with Crippen LogP contribution in [-0.2, 0) is 0 Å². The summed E-state index contributed by atoms with van der Waals surface area (Å²) in [6.07, 6.45) is 0. The van der Waals surface area contributed by atoms with E-state index in [-0.39, 0.29) is 35.1 Å². The number of rotatable bonds is 3. The quantitative estimate of drug-likeness (QED) is 0.825. The van der Waals surface area contributed by atoms with Gasteiger partial charge in [-0.1, -0.05) is 42.5 Å². The fourth-order valence-corrected chi connectivity index (χ4v) is 2.27. The molecule has 0 saturated heterocycles. The van der Waals surface area contributed by atoms with Gasteiger partial charge in [-0.05, 0) is 35.0 Å². The molecule has 0 aliphatic heterocycles. The van der Waals surface area contributed by atoms with Gasteiger partial charge in [0, 0.05) is 4.90 Å². The highest BCUT2D eigenvalue weighted by molar-refractivity contribution is 8.00. The van der Waals surface area contributed by atoms with Crippen molar-refractivity contribution in [2.45, 2.75) is 16.4 Å². The molecular formula is C14H13ClF3NS. The molecule has 1 atom stereocenters. The molecule has 0 aromatic heterocycles. The summed E-state index contributed by atoms with van der Waals surface area (Å²) in [4.78, 5) is 0.163. The number of alkyl halides is 3. The number of hydrogen-bond acceptors (Lipinski definition) is 2. The first-order chi connectivity index (χ1) is 8.96. The van der Waals surface area contributed by atoms with Crippen molar-refractivity contribution in [1.82, 2.24) is 0 Å². The summed E-state index contributed by atoms with van der Waals surface area (Å²) in [7, 11) is 0. The van der Waals surface area contributed by atoms with E-state index in [1.165, 1.54) is 12.1 Å². The SMILES string of the molecule is Cl.NC(c1ccccc1)c1ccc(SC(F)(F)F)cc1. The van der Waals surface area contributed by atoms with Crippen LogP contribution >= 0.6 is 24.2 Å². The summed E-state index contributed by atoms with van der Waals surface area (Å²) >= 11 is -0.124. The summed E-state index contributed by atoms with van der Waals surface area (Å²) < 4.78 is 36.6. The highest BCUT2D eigenvalue weighted by Crippen LogP contribution is 2.37. The maximum atomic E-state index is 12.2. The number of benzene rings is 2. The lowest BCUT2D eigenvalue weighted by molar-refractivity contribution is -0.0328. The Morgan fingerprint density at radius 2 is 1.35 bits per heavy atom. The van der Waals surface area contributed by atoms with Crippen LogP contribution in [0.1, 0.15) is 17.2 Å². The Morgan fingerprint density at radius 1 is 0.850 bits per heavy atom. The smallest absolute Gasteiger partial charge is 0.320 e. The fraction of sp³-hybridized carbons (Fsp3) is 0.143. The van der Waals surface area contributed by atoms with Gasteiger partial charge in [-0.15, -0.1) is 12.4 Å². The third-order valence-corrected chi connectivity index (χ3v) is 3.37. The molecule has 0 heterocycles. The molecule has 0 bridgehead atoms. The predicted octanol–water partition coefficient (Wildman–Crippen LogP) is 4.77. The lowest BCUT2D eigenvalue weighted by atomic mass is 10.00. The predicted molar refractivity (Wildman–Crippen MR) is 78.1 cm³/mol. The van der Waals surface area contributed by atoms with Crippen molar-refractivity contribution < 1.29 is 13.2 Å². The first-order valence-corrected chi connectivity index (χ1v) is 6.43. The van der Waals surface area contributed by atoms with Gasteiger partial charge >= 0.3 is 5.51 Å². The van der Waals surface area contributed by atoms with Crippen molar-refractivity contribution in [3.05, 3.63) is 65.7 Å². The Hall–Kier alpha value is -1.17. The molecule has 1 unspecified atom stereocenters. The van der Waals surface area contributed by atoms with Crippen molar-refractivity contribution in [2.24, 2.45) is 5.73 Å². The molecule has 108 valence electrons. The van der Waals surface area contributed by atoms with Gasteiger partial charge in [0.25, 0.3) is 0 Å². The highest BCUT2D eigenvalue weighted by Gasteiger charge is 2.29. The summed E-state index contributed by atoms with van der Waals surface area (Å²) in [5.41, 5.74) is 3.52. The molecule has 2 aromatic carbocycles. The largest absolute Gasteiger partial charge is 0.446 e. The minimum atomic E-state index is -4.26. The molecule has 2 N–H and O–H groups in total. The molecule has 2 rings (SSSR count). The second-order valence-corrected chi connectivity index (χ2v) is 5.14. The molecule has 20 heavy (non-hydrogen) atoms. The van der Waals surface area contributed by atoms with E-state index < -0.39 is 5.51 Å². The third kappa shape index (κ3) is 4.74. The van der Waals surface area contributed by atoms with Gasteiger partial charge in [0.2, 0.25) is 0 Å². The molecule has 2 aromatic rings. The summed E-state index contributed by atoms with van der Waals surface area (Å²) in [5.74, 6) is 0. The third-order valence-electron chi connectivity index (χ3n) is 2.63. The Bertz CT molecular complexity index is 528. The molecule has 0 amide bonds. The summed E-state index contributed by atoms with van der Waals surface area (Å²) in [6.45, 7) is 0. The molecule has 0 saturated carbocycles. The molecule has 6 heteroatoms. The van der Waals surface area contributed by atoms with E-state index in [1.54, 1.807) is 12.1 Å². The van der Waals surface area contributed by atoms with Gasteiger partial charge in [-0.2, -0.15) is 13.2 Å². The molecule has 0 spiro atoms. The van der Waals surface area contributed by atoms with E-state index in [0.717, 1.165) is 11.1 Å². The number of halogens is 4. The number of thioether (sulfide) groups is 1. The van der Waals surface area contributed by atoms with Crippen molar-refractivity contribution >= 4 is 24.2 Å². The van der Waals surface area contributed by atoms with Gasteiger partial charge in [0.15, 0.2) is 0 Å². The lowest BCUT2D eigenvalue weighted by Gasteiger charge is -2.13. The second kappa shape index (κ2) is 7.02. The Labute approximate surface area is 125 Å². The topological polar surface area (TPSA) is 26.0 Å². The van der Waals surface area contributed by atoms with E-state index in [2.05, 4.69) is 0 Å². The number of nitrogens with two attached hydrogens (primary N) is 1. The summed E-state index contributed by atoms with van der Waals surface area (Å²) in [5, 5.41) is 0. The van der Waals surface area contributed by atoms with E-state index in [9.17, 15) is 13.2 Å². The van der Waals surface area contributed by atoms with Crippen molar-refractivity contribution in [1.29, 1.82) is 0 Å². The Kier molecular flexibility index (Phi) is 5.92. The van der Waals surface area contributed by atoms with Gasteiger partial charge in [0.05, 0.1) is 6.04 Å². The monoisotopic (exact) mass is 319 g/mol. The van der Waals surface area contributed by atoms with E-state index in [4.69, 9.17) is 5.73 Å². The van der Waals surface area contributed by atoms with E-state index in [1.807, 2.05) is 30.3 Å². The fourth-order valence-electron chi connectivity index (χ4n) is 1.73. The van der Waals surface area contributed by atoms with Crippen LogP contribution in [0.15, 0.2) is 59.5 Å². The molecule has 1 nitrogen and oxygen atoms in total. The number of hydrogen-bond donors (Lipinski definition) is 1. The average molecular weight is 320 g/mol. The first kappa shape index (κ1) is 16.9. The minimum absolute atomic E-state index is 0.